The zero-order chi connectivity index (χ0) is 19.1. The second-order valence-electron chi connectivity index (χ2n) is 5.36. The van der Waals surface area contributed by atoms with Crippen molar-refractivity contribution in [2.45, 2.75) is 4.90 Å². The zero-order valence-electron chi connectivity index (χ0n) is 14.3. The molecule has 0 atom stereocenters. The maximum atomic E-state index is 13.5. The number of ether oxygens (including phenoxy) is 1. The van der Waals surface area contributed by atoms with E-state index in [0.717, 1.165) is 17.0 Å². The second-order valence-corrected chi connectivity index (χ2v) is 6.21. The molecule has 138 valence electrons. The number of nitrogens with zero attached hydrogens (tertiary/aromatic N) is 1. The van der Waals surface area contributed by atoms with Crippen molar-refractivity contribution in [3.05, 3.63) is 54.1 Å². The van der Waals surface area contributed by atoms with Gasteiger partial charge in [0.2, 0.25) is 5.91 Å². The van der Waals surface area contributed by atoms with Gasteiger partial charge in [0.25, 0.3) is 5.91 Å². The van der Waals surface area contributed by atoms with Gasteiger partial charge in [-0.25, -0.2) is 8.78 Å². The fourth-order valence-corrected chi connectivity index (χ4v) is 2.64. The van der Waals surface area contributed by atoms with Crippen molar-refractivity contribution in [1.29, 1.82) is 0 Å². The molecule has 5 nitrogen and oxygen atoms in total. The standard InChI is InChI=1S/C18H18F2N2O3S/c1-22(10-17(23)21-14-5-3-4-6-16(14)26-2)18(24)11-25-15-8-7-12(19)9-13(15)20/h3-9H,10-11H2,1-2H3,(H,21,23). The van der Waals surface area contributed by atoms with E-state index < -0.39 is 24.1 Å². The lowest BCUT2D eigenvalue weighted by Crippen LogP contribution is -2.37. The van der Waals surface area contributed by atoms with Gasteiger partial charge in [-0.15, -0.1) is 11.8 Å². The summed E-state index contributed by atoms with van der Waals surface area (Å²) in [4.78, 5) is 26.2. The number of hydrogen-bond acceptors (Lipinski definition) is 4. The molecule has 0 heterocycles. The van der Waals surface area contributed by atoms with Crippen LogP contribution in [0, 0.1) is 11.6 Å². The lowest BCUT2D eigenvalue weighted by atomic mass is 10.3. The van der Waals surface area contributed by atoms with Crippen LogP contribution in [0.5, 0.6) is 5.75 Å². The summed E-state index contributed by atoms with van der Waals surface area (Å²) in [7, 11) is 1.44. The molecule has 26 heavy (non-hydrogen) atoms. The Balaban J connectivity index is 1.87. The first kappa shape index (κ1) is 19.7. The second kappa shape index (κ2) is 9.19. The van der Waals surface area contributed by atoms with Crippen LogP contribution >= 0.6 is 11.8 Å². The van der Waals surface area contributed by atoms with Gasteiger partial charge in [-0.1, -0.05) is 12.1 Å². The van der Waals surface area contributed by atoms with Gasteiger partial charge < -0.3 is 15.0 Å². The normalized spacial score (nSPS) is 10.3. The molecule has 0 bridgehead atoms. The van der Waals surface area contributed by atoms with Crippen molar-refractivity contribution in [3.8, 4) is 5.75 Å². The van der Waals surface area contributed by atoms with Crippen molar-refractivity contribution in [2.75, 3.05) is 31.8 Å². The van der Waals surface area contributed by atoms with Crippen LogP contribution in [0.2, 0.25) is 0 Å². The third-order valence-corrected chi connectivity index (χ3v) is 4.23. The van der Waals surface area contributed by atoms with Crippen LogP contribution in [-0.4, -0.2) is 43.2 Å². The van der Waals surface area contributed by atoms with Gasteiger partial charge in [-0.2, -0.15) is 0 Å². The van der Waals surface area contributed by atoms with Gasteiger partial charge in [0, 0.05) is 18.0 Å². The van der Waals surface area contributed by atoms with E-state index in [1.54, 1.807) is 12.1 Å². The average molecular weight is 380 g/mol. The highest BCUT2D eigenvalue weighted by Crippen LogP contribution is 2.24. The van der Waals surface area contributed by atoms with Crippen LogP contribution in [0.4, 0.5) is 14.5 Å². The van der Waals surface area contributed by atoms with E-state index >= 15 is 0 Å². The summed E-state index contributed by atoms with van der Waals surface area (Å²) in [6.07, 6.45) is 1.90. The number of para-hydroxylation sites is 1. The van der Waals surface area contributed by atoms with E-state index in [9.17, 15) is 18.4 Å². The van der Waals surface area contributed by atoms with E-state index in [4.69, 9.17) is 4.74 Å². The fourth-order valence-electron chi connectivity index (χ4n) is 2.08. The van der Waals surface area contributed by atoms with Crippen molar-refractivity contribution in [2.24, 2.45) is 0 Å². The molecule has 0 spiro atoms. The summed E-state index contributed by atoms with van der Waals surface area (Å²) in [5.41, 5.74) is 0.662. The average Bonchev–Trinajstić information content (AvgIpc) is 2.61. The molecule has 0 aliphatic heterocycles. The number of nitrogens with one attached hydrogen (secondary N) is 1. The minimum atomic E-state index is -0.896. The summed E-state index contributed by atoms with van der Waals surface area (Å²) in [6, 6.07) is 10.1. The molecule has 0 aliphatic rings. The number of rotatable bonds is 7. The van der Waals surface area contributed by atoms with Crippen molar-refractivity contribution in [1.82, 2.24) is 4.90 Å². The van der Waals surface area contributed by atoms with Crippen LogP contribution in [-0.2, 0) is 9.59 Å². The van der Waals surface area contributed by atoms with Crippen LogP contribution in [0.25, 0.3) is 0 Å². The zero-order valence-corrected chi connectivity index (χ0v) is 15.1. The Morgan fingerprint density at radius 2 is 1.92 bits per heavy atom. The molecule has 0 aliphatic carbocycles. The molecular weight excluding hydrogens is 362 g/mol. The number of carbonyl (C=O) groups excluding carboxylic acids is 2. The van der Waals surface area contributed by atoms with E-state index in [1.807, 2.05) is 18.4 Å². The predicted molar refractivity (Wildman–Crippen MR) is 96.3 cm³/mol. The molecule has 0 aromatic heterocycles. The minimum Gasteiger partial charge on any atom is -0.481 e. The van der Waals surface area contributed by atoms with Crippen LogP contribution < -0.4 is 10.1 Å². The van der Waals surface area contributed by atoms with E-state index in [1.165, 1.54) is 23.7 Å². The van der Waals surface area contributed by atoms with Crippen LogP contribution in [0.15, 0.2) is 47.4 Å². The molecule has 0 unspecified atom stereocenters. The lowest BCUT2D eigenvalue weighted by molar-refractivity contribution is -0.135. The summed E-state index contributed by atoms with van der Waals surface area (Å²) in [5.74, 6) is -2.74. The maximum Gasteiger partial charge on any atom is 0.260 e. The van der Waals surface area contributed by atoms with Gasteiger partial charge in [0.15, 0.2) is 18.2 Å². The van der Waals surface area contributed by atoms with E-state index in [0.29, 0.717) is 11.8 Å². The number of hydrogen-bond donors (Lipinski definition) is 1. The third-order valence-electron chi connectivity index (χ3n) is 3.43. The molecule has 0 radical (unpaired) electrons. The van der Waals surface area contributed by atoms with Gasteiger partial charge in [0.1, 0.15) is 5.82 Å². The topological polar surface area (TPSA) is 58.6 Å². The quantitative estimate of drug-likeness (QED) is 0.750. The number of benzene rings is 2. The van der Waals surface area contributed by atoms with Gasteiger partial charge in [-0.05, 0) is 30.5 Å². The number of thioether (sulfide) groups is 1. The number of carbonyl (C=O) groups is 2. The van der Waals surface area contributed by atoms with Crippen molar-refractivity contribution >= 4 is 29.3 Å². The van der Waals surface area contributed by atoms with Crippen molar-refractivity contribution in [3.63, 3.8) is 0 Å². The monoisotopic (exact) mass is 380 g/mol. The maximum absolute atomic E-state index is 13.5. The Bertz CT molecular complexity index is 802. The Morgan fingerprint density at radius 3 is 2.62 bits per heavy atom. The highest BCUT2D eigenvalue weighted by Gasteiger charge is 2.15. The van der Waals surface area contributed by atoms with E-state index in [-0.39, 0.29) is 18.2 Å². The molecule has 2 rings (SSSR count). The molecule has 0 fully saturated rings. The summed E-state index contributed by atoms with van der Waals surface area (Å²) < 4.78 is 31.3. The van der Waals surface area contributed by atoms with Crippen LogP contribution in [0.1, 0.15) is 0 Å². The fraction of sp³-hybridized carbons (Fsp3) is 0.222. The third kappa shape index (κ3) is 5.45. The Morgan fingerprint density at radius 1 is 1.19 bits per heavy atom. The minimum absolute atomic E-state index is 0.184. The number of likely N-dealkylation sites (N-methyl/N-ethyl adjacent to an activating group) is 1. The summed E-state index contributed by atoms with van der Waals surface area (Å²) in [5, 5.41) is 2.74. The molecule has 1 N–H and O–H groups in total. The van der Waals surface area contributed by atoms with Gasteiger partial charge >= 0.3 is 0 Å². The highest BCUT2D eigenvalue weighted by atomic mass is 32.2. The predicted octanol–water partition coefficient (Wildman–Crippen LogP) is 3.16. The highest BCUT2D eigenvalue weighted by molar-refractivity contribution is 7.98. The molecule has 2 amide bonds. The van der Waals surface area contributed by atoms with Gasteiger partial charge in [0.05, 0.1) is 12.2 Å². The number of halogens is 2. The first-order valence-electron chi connectivity index (χ1n) is 7.65. The summed E-state index contributed by atoms with van der Waals surface area (Å²) >= 11 is 1.49. The van der Waals surface area contributed by atoms with E-state index in [2.05, 4.69) is 5.32 Å². The first-order valence-corrected chi connectivity index (χ1v) is 8.88. The largest absolute Gasteiger partial charge is 0.481 e. The van der Waals surface area contributed by atoms with Gasteiger partial charge in [-0.3, -0.25) is 9.59 Å². The first-order chi connectivity index (χ1) is 12.4. The Labute approximate surface area is 154 Å². The lowest BCUT2D eigenvalue weighted by Gasteiger charge is -2.18. The Kier molecular flexibility index (Phi) is 6.97. The molecule has 0 saturated heterocycles. The van der Waals surface area contributed by atoms with Crippen LogP contribution in [0.3, 0.4) is 0 Å². The smallest absolute Gasteiger partial charge is 0.260 e. The molecule has 8 heteroatoms. The molecule has 2 aromatic carbocycles. The molecular formula is C18H18F2N2O3S. The molecule has 0 saturated carbocycles. The molecule has 2 aromatic rings. The number of anilines is 1. The van der Waals surface area contributed by atoms with Crippen molar-refractivity contribution < 1.29 is 23.1 Å². The Hall–Kier alpha value is -2.61. The summed E-state index contributed by atoms with van der Waals surface area (Å²) in [6.45, 7) is -0.648. The number of amides is 2. The SMILES string of the molecule is CSc1ccccc1NC(=O)CN(C)C(=O)COc1ccc(F)cc1F.